The van der Waals surface area contributed by atoms with E-state index in [-0.39, 0.29) is 0 Å². The molecule has 3 nitrogen and oxygen atoms in total. The highest BCUT2D eigenvalue weighted by atomic mass is 35.5. The number of benzene rings is 1. The molecule has 1 N–H and O–H groups in total. The Hall–Kier alpha value is -1.03. The molecule has 2 aromatic rings. The molecule has 1 aromatic heterocycles. The number of aryl methyl sites for hydroxylation is 1. The van der Waals surface area contributed by atoms with E-state index >= 15 is 0 Å². The summed E-state index contributed by atoms with van der Waals surface area (Å²) in [6, 6.07) is 8.46. The van der Waals surface area contributed by atoms with Crippen LogP contribution >= 0.6 is 11.6 Å². The predicted octanol–water partition coefficient (Wildman–Crippen LogP) is 2.72. The zero-order valence-corrected chi connectivity index (χ0v) is 12.1. The topological polar surface area (TPSA) is 20.2 Å². The summed E-state index contributed by atoms with van der Waals surface area (Å²) in [6.45, 7) is 8.67. The number of halogens is 1. The third kappa shape index (κ3) is 2.64. The van der Waals surface area contributed by atoms with E-state index in [1.54, 1.807) is 0 Å². The van der Waals surface area contributed by atoms with Gasteiger partial charge in [-0.1, -0.05) is 17.7 Å². The fourth-order valence-corrected chi connectivity index (χ4v) is 3.05. The van der Waals surface area contributed by atoms with Crippen LogP contribution in [0.5, 0.6) is 0 Å². The molecule has 0 bridgehead atoms. The van der Waals surface area contributed by atoms with Gasteiger partial charge in [0.25, 0.3) is 0 Å². The first-order valence-electron chi connectivity index (χ1n) is 6.98. The highest BCUT2D eigenvalue weighted by Gasteiger charge is 2.14. The van der Waals surface area contributed by atoms with Gasteiger partial charge < -0.3 is 9.88 Å². The summed E-state index contributed by atoms with van der Waals surface area (Å²) in [5.41, 5.74) is 2.64. The van der Waals surface area contributed by atoms with Crippen LogP contribution in [-0.2, 0) is 13.1 Å². The highest BCUT2D eigenvalue weighted by Crippen LogP contribution is 2.24. The van der Waals surface area contributed by atoms with E-state index in [1.807, 2.05) is 6.07 Å². The lowest BCUT2D eigenvalue weighted by atomic mass is 10.2. The molecule has 1 aromatic carbocycles. The minimum Gasteiger partial charge on any atom is -0.344 e. The minimum atomic E-state index is 0.814. The summed E-state index contributed by atoms with van der Waals surface area (Å²) in [4.78, 5) is 2.51. The number of hydrogen-bond acceptors (Lipinski definition) is 2. The molecule has 1 aliphatic rings. The van der Waals surface area contributed by atoms with Crippen molar-refractivity contribution in [2.75, 3.05) is 26.2 Å². The third-order valence-corrected chi connectivity index (χ3v) is 4.10. The normalized spacial score (nSPS) is 17.2. The van der Waals surface area contributed by atoms with Crippen LogP contribution in [0.25, 0.3) is 10.9 Å². The fraction of sp³-hybridized carbons (Fsp3) is 0.467. The Morgan fingerprint density at radius 2 is 2.00 bits per heavy atom. The Labute approximate surface area is 119 Å². The first-order valence-corrected chi connectivity index (χ1v) is 7.36. The second-order valence-corrected chi connectivity index (χ2v) is 5.55. The summed E-state index contributed by atoms with van der Waals surface area (Å²) in [5.74, 6) is 0. The van der Waals surface area contributed by atoms with E-state index in [4.69, 9.17) is 11.6 Å². The Morgan fingerprint density at radius 1 is 1.21 bits per heavy atom. The van der Waals surface area contributed by atoms with Crippen LogP contribution in [0, 0.1) is 0 Å². The maximum atomic E-state index is 6.12. The molecular weight excluding hydrogens is 258 g/mol. The maximum Gasteiger partial charge on any atom is 0.0497 e. The number of rotatable bonds is 3. The second-order valence-electron chi connectivity index (χ2n) is 5.11. The molecule has 0 radical (unpaired) electrons. The van der Waals surface area contributed by atoms with Gasteiger partial charge in [-0.2, -0.15) is 0 Å². The number of aromatic nitrogens is 1. The van der Waals surface area contributed by atoms with Crippen molar-refractivity contribution in [2.24, 2.45) is 0 Å². The molecule has 0 spiro atoms. The number of hydrogen-bond donors (Lipinski definition) is 1. The molecule has 0 saturated carbocycles. The Balaban J connectivity index is 1.93. The van der Waals surface area contributed by atoms with E-state index in [0.29, 0.717) is 0 Å². The van der Waals surface area contributed by atoms with E-state index < -0.39 is 0 Å². The van der Waals surface area contributed by atoms with Gasteiger partial charge in [-0.05, 0) is 25.1 Å². The Kier molecular flexibility index (Phi) is 3.78. The Bertz CT molecular complexity index is 570. The average Bonchev–Trinajstić information content (AvgIpc) is 2.76. The van der Waals surface area contributed by atoms with Gasteiger partial charge in [-0.25, -0.2) is 0 Å². The minimum absolute atomic E-state index is 0.814. The van der Waals surface area contributed by atoms with Crippen molar-refractivity contribution in [2.45, 2.75) is 20.0 Å². The summed E-state index contributed by atoms with van der Waals surface area (Å²) in [7, 11) is 0. The first kappa shape index (κ1) is 13.0. The van der Waals surface area contributed by atoms with Crippen molar-refractivity contribution >= 4 is 22.5 Å². The summed E-state index contributed by atoms with van der Waals surface area (Å²) >= 11 is 6.12. The molecule has 4 heteroatoms. The lowest BCUT2D eigenvalue weighted by molar-refractivity contribution is 0.228. The van der Waals surface area contributed by atoms with Crippen LogP contribution in [0.1, 0.15) is 12.6 Å². The van der Waals surface area contributed by atoms with Crippen molar-refractivity contribution in [1.82, 2.24) is 14.8 Å². The molecule has 0 aliphatic carbocycles. The van der Waals surface area contributed by atoms with Gasteiger partial charge in [0, 0.05) is 60.9 Å². The van der Waals surface area contributed by atoms with Crippen LogP contribution in [0.3, 0.4) is 0 Å². The predicted molar refractivity (Wildman–Crippen MR) is 80.8 cm³/mol. The van der Waals surface area contributed by atoms with Gasteiger partial charge in [-0.3, -0.25) is 4.90 Å². The lowest BCUT2D eigenvalue weighted by Crippen LogP contribution is -2.43. The smallest absolute Gasteiger partial charge is 0.0497 e. The first-order chi connectivity index (χ1) is 9.28. The molecule has 0 amide bonds. The van der Waals surface area contributed by atoms with E-state index in [9.17, 15) is 0 Å². The lowest BCUT2D eigenvalue weighted by Gasteiger charge is -2.27. The molecule has 1 fully saturated rings. The van der Waals surface area contributed by atoms with Crippen molar-refractivity contribution in [3.05, 3.63) is 35.0 Å². The fourth-order valence-electron chi connectivity index (χ4n) is 2.89. The molecular formula is C15H20ClN3. The molecule has 0 atom stereocenters. The second kappa shape index (κ2) is 5.53. The number of piperazine rings is 1. The van der Waals surface area contributed by atoms with Crippen LogP contribution < -0.4 is 5.32 Å². The molecule has 1 saturated heterocycles. The van der Waals surface area contributed by atoms with Crippen LogP contribution in [-0.4, -0.2) is 35.6 Å². The summed E-state index contributed by atoms with van der Waals surface area (Å²) in [6.07, 6.45) is 0. The van der Waals surface area contributed by atoms with Gasteiger partial charge in [0.05, 0.1) is 0 Å². The van der Waals surface area contributed by atoms with Gasteiger partial charge >= 0.3 is 0 Å². The quantitative estimate of drug-likeness (QED) is 0.931. The van der Waals surface area contributed by atoms with Gasteiger partial charge in [0.15, 0.2) is 0 Å². The summed E-state index contributed by atoms with van der Waals surface area (Å²) in [5, 5.41) is 5.50. The molecule has 0 unspecified atom stereocenters. The van der Waals surface area contributed by atoms with E-state index in [2.05, 4.69) is 39.9 Å². The number of nitrogens with one attached hydrogen (secondary N) is 1. The van der Waals surface area contributed by atoms with Gasteiger partial charge in [0.1, 0.15) is 0 Å². The average molecular weight is 278 g/mol. The number of nitrogens with zero attached hydrogens (tertiary/aromatic N) is 2. The maximum absolute atomic E-state index is 6.12. The highest BCUT2D eigenvalue weighted by molar-refractivity contribution is 6.31. The molecule has 2 heterocycles. The summed E-state index contributed by atoms with van der Waals surface area (Å²) < 4.78 is 2.38. The standard InChI is InChI=1S/C15H20ClN3/c1-2-19-14(11-18-7-5-17-6-8-18)9-12-3-4-13(16)10-15(12)19/h3-4,9-10,17H,2,5-8,11H2,1H3. The van der Waals surface area contributed by atoms with Gasteiger partial charge in [-0.15, -0.1) is 0 Å². The molecule has 102 valence electrons. The number of fused-ring (bicyclic) bond motifs is 1. The monoisotopic (exact) mass is 277 g/mol. The Morgan fingerprint density at radius 3 is 2.74 bits per heavy atom. The van der Waals surface area contributed by atoms with E-state index in [1.165, 1.54) is 16.6 Å². The molecule has 19 heavy (non-hydrogen) atoms. The largest absolute Gasteiger partial charge is 0.344 e. The van der Waals surface area contributed by atoms with Crippen molar-refractivity contribution in [3.63, 3.8) is 0 Å². The van der Waals surface area contributed by atoms with Crippen molar-refractivity contribution in [3.8, 4) is 0 Å². The SMILES string of the molecule is CCn1c(CN2CCNCC2)cc2ccc(Cl)cc21. The zero-order chi connectivity index (χ0) is 13.2. The molecule has 3 rings (SSSR count). The van der Waals surface area contributed by atoms with Crippen LogP contribution in [0.4, 0.5) is 0 Å². The molecule has 1 aliphatic heterocycles. The third-order valence-electron chi connectivity index (χ3n) is 3.86. The van der Waals surface area contributed by atoms with Crippen LogP contribution in [0.2, 0.25) is 5.02 Å². The van der Waals surface area contributed by atoms with Crippen molar-refractivity contribution < 1.29 is 0 Å². The van der Waals surface area contributed by atoms with Crippen molar-refractivity contribution in [1.29, 1.82) is 0 Å². The van der Waals surface area contributed by atoms with Crippen LogP contribution in [0.15, 0.2) is 24.3 Å². The van der Waals surface area contributed by atoms with E-state index in [0.717, 1.165) is 44.3 Å². The van der Waals surface area contributed by atoms with Gasteiger partial charge in [0.2, 0.25) is 0 Å². The zero-order valence-electron chi connectivity index (χ0n) is 11.3.